The SMILES string of the molecule is C#CCCCCNCC(=O)Nc1cccc(F)c1. The van der Waals surface area contributed by atoms with E-state index in [0.717, 1.165) is 25.8 Å². The van der Waals surface area contributed by atoms with Crippen molar-refractivity contribution in [3.8, 4) is 12.3 Å². The minimum absolute atomic E-state index is 0.183. The smallest absolute Gasteiger partial charge is 0.238 e. The Morgan fingerprint density at radius 1 is 1.39 bits per heavy atom. The lowest BCUT2D eigenvalue weighted by Gasteiger charge is -2.06. The number of rotatable bonds is 7. The average Bonchev–Trinajstić information content (AvgIpc) is 2.33. The second-order valence-corrected chi connectivity index (χ2v) is 3.90. The van der Waals surface area contributed by atoms with Gasteiger partial charge in [0.1, 0.15) is 5.82 Å². The van der Waals surface area contributed by atoms with E-state index in [-0.39, 0.29) is 18.3 Å². The molecule has 1 aromatic carbocycles. The molecule has 18 heavy (non-hydrogen) atoms. The van der Waals surface area contributed by atoms with Crippen molar-refractivity contribution in [2.24, 2.45) is 0 Å². The van der Waals surface area contributed by atoms with E-state index in [2.05, 4.69) is 16.6 Å². The van der Waals surface area contributed by atoms with Gasteiger partial charge >= 0.3 is 0 Å². The van der Waals surface area contributed by atoms with Crippen LogP contribution in [0.15, 0.2) is 24.3 Å². The highest BCUT2D eigenvalue weighted by molar-refractivity contribution is 5.92. The second-order valence-electron chi connectivity index (χ2n) is 3.90. The largest absolute Gasteiger partial charge is 0.325 e. The Morgan fingerprint density at radius 2 is 2.22 bits per heavy atom. The Balaban J connectivity index is 2.16. The third-order valence-corrected chi connectivity index (χ3v) is 2.32. The lowest BCUT2D eigenvalue weighted by Crippen LogP contribution is -2.28. The highest BCUT2D eigenvalue weighted by atomic mass is 19.1. The number of unbranched alkanes of at least 4 members (excludes halogenated alkanes) is 2. The molecule has 2 N–H and O–H groups in total. The molecule has 0 heterocycles. The van der Waals surface area contributed by atoms with Crippen LogP contribution in [0.1, 0.15) is 19.3 Å². The summed E-state index contributed by atoms with van der Waals surface area (Å²) < 4.78 is 12.9. The molecule has 0 saturated heterocycles. The number of carbonyl (C=O) groups is 1. The summed E-state index contributed by atoms with van der Waals surface area (Å²) >= 11 is 0. The summed E-state index contributed by atoms with van der Waals surface area (Å²) in [4.78, 5) is 11.5. The monoisotopic (exact) mass is 248 g/mol. The maximum absolute atomic E-state index is 12.9. The molecule has 4 heteroatoms. The van der Waals surface area contributed by atoms with Crippen LogP contribution >= 0.6 is 0 Å². The van der Waals surface area contributed by atoms with Gasteiger partial charge in [-0.2, -0.15) is 0 Å². The molecule has 96 valence electrons. The first kappa shape index (κ1) is 14.2. The van der Waals surface area contributed by atoms with E-state index >= 15 is 0 Å². The Kier molecular flexibility index (Phi) is 6.52. The summed E-state index contributed by atoms with van der Waals surface area (Å²) in [6, 6.07) is 5.82. The quantitative estimate of drug-likeness (QED) is 0.573. The Hall–Kier alpha value is -1.86. The van der Waals surface area contributed by atoms with E-state index in [0.29, 0.717) is 5.69 Å². The number of hydrogen-bond donors (Lipinski definition) is 2. The molecule has 0 aliphatic carbocycles. The van der Waals surface area contributed by atoms with E-state index in [4.69, 9.17) is 6.42 Å². The standard InChI is InChI=1S/C14H17FN2O/c1-2-3-4-5-9-16-11-14(18)17-13-8-6-7-12(15)10-13/h1,6-8,10,16H,3-5,9,11H2,(H,17,18). The lowest BCUT2D eigenvalue weighted by molar-refractivity contribution is -0.115. The fourth-order valence-electron chi connectivity index (χ4n) is 1.45. The molecule has 0 aliphatic heterocycles. The maximum atomic E-state index is 12.9. The van der Waals surface area contributed by atoms with Crippen molar-refractivity contribution in [1.82, 2.24) is 5.32 Å². The van der Waals surface area contributed by atoms with Gasteiger partial charge in [-0.1, -0.05) is 6.07 Å². The van der Waals surface area contributed by atoms with Crippen molar-refractivity contribution >= 4 is 11.6 Å². The number of anilines is 1. The van der Waals surface area contributed by atoms with Crippen LogP contribution in [0, 0.1) is 18.2 Å². The summed E-state index contributed by atoms with van der Waals surface area (Å²) in [6.45, 7) is 0.963. The molecule has 0 radical (unpaired) electrons. The van der Waals surface area contributed by atoms with E-state index in [1.165, 1.54) is 12.1 Å². The fourth-order valence-corrected chi connectivity index (χ4v) is 1.45. The van der Waals surface area contributed by atoms with E-state index in [1.807, 2.05) is 0 Å². The highest BCUT2D eigenvalue weighted by Crippen LogP contribution is 2.08. The number of nitrogens with one attached hydrogen (secondary N) is 2. The number of amides is 1. The number of terminal acetylenes is 1. The van der Waals surface area contributed by atoms with Crippen LogP contribution in [0.3, 0.4) is 0 Å². The van der Waals surface area contributed by atoms with Gasteiger partial charge in [0.25, 0.3) is 0 Å². The predicted molar refractivity (Wildman–Crippen MR) is 70.6 cm³/mol. The molecular formula is C14H17FN2O. The fraction of sp³-hybridized carbons (Fsp3) is 0.357. The van der Waals surface area contributed by atoms with Crippen LogP contribution in [0.4, 0.5) is 10.1 Å². The van der Waals surface area contributed by atoms with Gasteiger partial charge in [-0.25, -0.2) is 4.39 Å². The van der Waals surface area contributed by atoms with Gasteiger partial charge in [0.15, 0.2) is 0 Å². The number of benzene rings is 1. The molecule has 0 aliphatic rings. The molecule has 0 fully saturated rings. The molecule has 0 bridgehead atoms. The Labute approximate surface area is 107 Å². The van der Waals surface area contributed by atoms with Crippen molar-refractivity contribution < 1.29 is 9.18 Å². The van der Waals surface area contributed by atoms with Gasteiger partial charge in [0, 0.05) is 12.1 Å². The minimum Gasteiger partial charge on any atom is -0.325 e. The molecule has 1 rings (SSSR count). The van der Waals surface area contributed by atoms with Gasteiger partial charge in [-0.05, 0) is 37.6 Å². The van der Waals surface area contributed by atoms with Gasteiger partial charge in [-0.3, -0.25) is 4.79 Å². The van der Waals surface area contributed by atoms with Gasteiger partial charge in [0.2, 0.25) is 5.91 Å². The highest BCUT2D eigenvalue weighted by Gasteiger charge is 2.02. The lowest BCUT2D eigenvalue weighted by atomic mass is 10.2. The van der Waals surface area contributed by atoms with Gasteiger partial charge in [-0.15, -0.1) is 12.3 Å². The third kappa shape index (κ3) is 6.02. The van der Waals surface area contributed by atoms with Crippen LogP contribution in [-0.4, -0.2) is 19.0 Å². The van der Waals surface area contributed by atoms with Crippen LogP contribution in [0.25, 0.3) is 0 Å². The zero-order chi connectivity index (χ0) is 13.2. The average molecular weight is 248 g/mol. The molecule has 0 saturated carbocycles. The van der Waals surface area contributed by atoms with Crippen LogP contribution in [-0.2, 0) is 4.79 Å². The molecule has 1 amide bonds. The third-order valence-electron chi connectivity index (χ3n) is 2.32. The summed E-state index contributed by atoms with van der Waals surface area (Å²) in [5.74, 6) is 2.01. The Morgan fingerprint density at radius 3 is 2.94 bits per heavy atom. The molecule has 0 unspecified atom stereocenters. The van der Waals surface area contributed by atoms with Crippen LogP contribution in [0.5, 0.6) is 0 Å². The second kappa shape index (κ2) is 8.26. The first-order valence-corrected chi connectivity index (χ1v) is 5.92. The van der Waals surface area contributed by atoms with E-state index < -0.39 is 0 Å². The predicted octanol–water partition coefficient (Wildman–Crippen LogP) is 2.16. The zero-order valence-corrected chi connectivity index (χ0v) is 10.2. The summed E-state index contributed by atoms with van der Waals surface area (Å²) in [6.07, 6.45) is 7.78. The summed E-state index contributed by atoms with van der Waals surface area (Å²) in [5, 5.41) is 5.62. The van der Waals surface area contributed by atoms with E-state index in [9.17, 15) is 9.18 Å². The maximum Gasteiger partial charge on any atom is 0.238 e. The van der Waals surface area contributed by atoms with Crippen molar-refractivity contribution in [3.05, 3.63) is 30.1 Å². The molecule has 1 aromatic rings. The first-order chi connectivity index (χ1) is 8.72. The van der Waals surface area contributed by atoms with Crippen molar-refractivity contribution in [2.75, 3.05) is 18.4 Å². The topological polar surface area (TPSA) is 41.1 Å². The molecule has 0 aromatic heterocycles. The zero-order valence-electron chi connectivity index (χ0n) is 10.2. The van der Waals surface area contributed by atoms with Crippen molar-refractivity contribution in [3.63, 3.8) is 0 Å². The number of halogens is 1. The minimum atomic E-state index is -0.366. The molecule has 3 nitrogen and oxygen atoms in total. The molecule has 0 atom stereocenters. The first-order valence-electron chi connectivity index (χ1n) is 5.92. The van der Waals surface area contributed by atoms with Gasteiger partial charge in [0.05, 0.1) is 6.54 Å². The summed E-state index contributed by atoms with van der Waals surface area (Å²) in [7, 11) is 0. The molecule has 0 spiro atoms. The number of hydrogen-bond acceptors (Lipinski definition) is 2. The van der Waals surface area contributed by atoms with Crippen LogP contribution < -0.4 is 10.6 Å². The van der Waals surface area contributed by atoms with Crippen LogP contribution in [0.2, 0.25) is 0 Å². The Bertz CT molecular complexity index is 426. The van der Waals surface area contributed by atoms with Crippen molar-refractivity contribution in [2.45, 2.75) is 19.3 Å². The van der Waals surface area contributed by atoms with E-state index in [1.54, 1.807) is 12.1 Å². The van der Waals surface area contributed by atoms with Crippen molar-refractivity contribution in [1.29, 1.82) is 0 Å². The number of carbonyl (C=O) groups excluding carboxylic acids is 1. The summed E-state index contributed by atoms with van der Waals surface area (Å²) in [5.41, 5.74) is 0.467. The molecular weight excluding hydrogens is 231 g/mol. The van der Waals surface area contributed by atoms with Gasteiger partial charge < -0.3 is 10.6 Å². The normalized spacial score (nSPS) is 9.78.